The van der Waals surface area contributed by atoms with Gasteiger partial charge < -0.3 is 10.2 Å². The Bertz CT molecular complexity index is 1400. The molecule has 0 aliphatic rings. The van der Waals surface area contributed by atoms with E-state index >= 15 is 0 Å². The number of rotatable bonds is 6. The second-order valence-electron chi connectivity index (χ2n) is 7.47. The molecule has 0 spiro atoms. The van der Waals surface area contributed by atoms with Gasteiger partial charge in [0.05, 0.1) is 23.0 Å². The van der Waals surface area contributed by atoms with E-state index < -0.39 is 29.2 Å². The number of anilines is 3. The van der Waals surface area contributed by atoms with E-state index in [1.54, 1.807) is 7.05 Å². The number of pyridine rings is 2. The number of fused-ring (bicyclic) bond motifs is 1. The van der Waals surface area contributed by atoms with Crippen molar-refractivity contribution in [2.45, 2.75) is 12.4 Å². The standard InChI is InChI=1S/C22H16F6N8/c1-3-8-36(2)17-9-13(22(26,27)28)18(35-34-17)15-11-31-19-14(6-7-29-20(19)33-15)32-16-5-4-12(10-30-16)21(23,24)25/h3-7,9-11H,1,8H2,2H3,(H,29,30,32,33). The van der Waals surface area contributed by atoms with Gasteiger partial charge in [0.15, 0.2) is 11.5 Å². The summed E-state index contributed by atoms with van der Waals surface area (Å²) in [6.07, 6.45) is -4.71. The molecule has 14 heteroatoms. The molecule has 0 aliphatic carbocycles. The van der Waals surface area contributed by atoms with Crippen molar-refractivity contribution in [1.29, 1.82) is 0 Å². The number of nitrogens with one attached hydrogen (secondary N) is 1. The van der Waals surface area contributed by atoms with Crippen LogP contribution in [0.2, 0.25) is 0 Å². The molecule has 4 heterocycles. The fourth-order valence-corrected chi connectivity index (χ4v) is 3.17. The van der Waals surface area contributed by atoms with Crippen molar-refractivity contribution in [3.63, 3.8) is 0 Å². The molecule has 186 valence electrons. The number of hydrogen-bond donors (Lipinski definition) is 1. The fourth-order valence-electron chi connectivity index (χ4n) is 3.17. The average molecular weight is 506 g/mol. The van der Waals surface area contributed by atoms with Crippen LogP contribution in [0.4, 0.5) is 43.7 Å². The van der Waals surface area contributed by atoms with Gasteiger partial charge in [-0.3, -0.25) is 0 Å². The third kappa shape index (κ3) is 5.16. The molecular formula is C22H16F6N8. The Morgan fingerprint density at radius 1 is 0.972 bits per heavy atom. The molecule has 0 unspecified atom stereocenters. The number of nitrogens with zero attached hydrogens (tertiary/aromatic N) is 7. The van der Waals surface area contributed by atoms with Crippen molar-refractivity contribution in [3.8, 4) is 11.4 Å². The lowest BCUT2D eigenvalue weighted by Gasteiger charge is -2.18. The van der Waals surface area contributed by atoms with Crippen LogP contribution in [-0.4, -0.2) is 43.7 Å². The molecule has 1 N–H and O–H groups in total. The fraction of sp³-hybridized carbons (Fsp3) is 0.182. The lowest BCUT2D eigenvalue weighted by atomic mass is 10.1. The van der Waals surface area contributed by atoms with Gasteiger partial charge in [-0.1, -0.05) is 6.08 Å². The minimum atomic E-state index is -4.75. The molecule has 36 heavy (non-hydrogen) atoms. The summed E-state index contributed by atoms with van der Waals surface area (Å²) < 4.78 is 79.8. The first-order valence-corrected chi connectivity index (χ1v) is 10.2. The third-order valence-electron chi connectivity index (χ3n) is 4.92. The summed E-state index contributed by atoms with van der Waals surface area (Å²) in [7, 11) is 1.55. The summed E-state index contributed by atoms with van der Waals surface area (Å²) in [5, 5.41) is 10.4. The van der Waals surface area contributed by atoms with Gasteiger partial charge in [-0.05, 0) is 24.3 Å². The number of hydrogen-bond acceptors (Lipinski definition) is 8. The van der Waals surface area contributed by atoms with Crippen molar-refractivity contribution >= 4 is 28.5 Å². The molecular weight excluding hydrogens is 490 g/mol. The minimum Gasteiger partial charge on any atom is -0.354 e. The largest absolute Gasteiger partial charge is 0.418 e. The van der Waals surface area contributed by atoms with Gasteiger partial charge in [0.2, 0.25) is 0 Å². The van der Waals surface area contributed by atoms with Crippen LogP contribution < -0.4 is 10.2 Å². The van der Waals surface area contributed by atoms with Crippen LogP contribution in [-0.2, 0) is 12.4 Å². The van der Waals surface area contributed by atoms with Gasteiger partial charge in [-0.25, -0.2) is 19.9 Å². The van der Waals surface area contributed by atoms with Crippen LogP contribution in [0.15, 0.2) is 55.5 Å². The van der Waals surface area contributed by atoms with Gasteiger partial charge in [-0.15, -0.1) is 16.8 Å². The molecule has 4 aromatic rings. The van der Waals surface area contributed by atoms with Crippen molar-refractivity contribution in [2.24, 2.45) is 0 Å². The van der Waals surface area contributed by atoms with Gasteiger partial charge >= 0.3 is 12.4 Å². The summed E-state index contributed by atoms with van der Waals surface area (Å²) in [6, 6.07) is 4.32. The van der Waals surface area contributed by atoms with Gasteiger partial charge in [-0.2, -0.15) is 26.3 Å². The van der Waals surface area contributed by atoms with E-state index in [4.69, 9.17) is 0 Å². The Hall–Kier alpha value is -4.36. The Morgan fingerprint density at radius 3 is 2.39 bits per heavy atom. The van der Waals surface area contributed by atoms with Crippen LogP contribution in [0.1, 0.15) is 11.1 Å². The van der Waals surface area contributed by atoms with Crippen LogP contribution in [0.5, 0.6) is 0 Å². The van der Waals surface area contributed by atoms with E-state index in [0.29, 0.717) is 6.20 Å². The maximum absolute atomic E-state index is 13.8. The minimum absolute atomic E-state index is 0.00613. The third-order valence-corrected chi connectivity index (χ3v) is 4.92. The van der Waals surface area contributed by atoms with Crippen LogP contribution in [0.25, 0.3) is 22.6 Å². The Morgan fingerprint density at radius 2 is 1.75 bits per heavy atom. The lowest BCUT2D eigenvalue weighted by molar-refractivity contribution is -0.138. The highest BCUT2D eigenvalue weighted by Crippen LogP contribution is 2.37. The van der Waals surface area contributed by atoms with E-state index in [0.717, 1.165) is 24.4 Å². The van der Waals surface area contributed by atoms with E-state index in [-0.39, 0.29) is 40.7 Å². The van der Waals surface area contributed by atoms with Crippen molar-refractivity contribution in [3.05, 3.63) is 66.6 Å². The molecule has 0 fully saturated rings. The topological polar surface area (TPSA) is 92.6 Å². The first-order valence-electron chi connectivity index (χ1n) is 10.2. The smallest absolute Gasteiger partial charge is 0.354 e. The number of halogens is 6. The first-order chi connectivity index (χ1) is 17.0. The van der Waals surface area contributed by atoms with Crippen LogP contribution >= 0.6 is 0 Å². The Kier molecular flexibility index (Phi) is 6.43. The highest BCUT2D eigenvalue weighted by Gasteiger charge is 2.36. The predicted molar refractivity (Wildman–Crippen MR) is 119 cm³/mol. The summed E-state index contributed by atoms with van der Waals surface area (Å²) in [5.41, 5.74) is -2.29. The normalized spacial score (nSPS) is 12.0. The molecule has 0 amide bonds. The van der Waals surface area contributed by atoms with Crippen LogP contribution in [0, 0.1) is 0 Å². The Labute approximate surface area is 199 Å². The second kappa shape index (κ2) is 9.36. The monoisotopic (exact) mass is 506 g/mol. The van der Waals surface area contributed by atoms with E-state index in [9.17, 15) is 26.3 Å². The first kappa shape index (κ1) is 24.8. The van der Waals surface area contributed by atoms with Crippen LogP contribution in [0.3, 0.4) is 0 Å². The summed E-state index contributed by atoms with van der Waals surface area (Å²) in [6.45, 7) is 3.81. The molecule has 0 saturated carbocycles. The van der Waals surface area contributed by atoms with Crippen molar-refractivity contribution < 1.29 is 26.3 Å². The zero-order valence-electron chi connectivity index (χ0n) is 18.4. The molecule has 4 rings (SSSR count). The molecule has 0 atom stereocenters. The maximum Gasteiger partial charge on any atom is 0.418 e. The number of likely N-dealkylation sites (N-methyl/N-ethyl adjacent to an activating group) is 1. The lowest BCUT2D eigenvalue weighted by Crippen LogP contribution is -2.20. The SMILES string of the molecule is C=CCN(C)c1cc(C(F)(F)F)c(-c2cnc3c(Nc4ccc(C(F)(F)F)cn4)ccnc3n2)nn1. The van der Waals surface area contributed by atoms with Crippen molar-refractivity contribution in [1.82, 2.24) is 30.1 Å². The molecule has 0 aliphatic heterocycles. The number of aromatic nitrogens is 6. The zero-order valence-corrected chi connectivity index (χ0v) is 18.4. The predicted octanol–water partition coefficient (Wildman–Crippen LogP) is 5.28. The van der Waals surface area contributed by atoms with E-state index in [2.05, 4.69) is 42.0 Å². The molecule has 0 saturated heterocycles. The summed E-state index contributed by atoms with van der Waals surface area (Å²) in [4.78, 5) is 17.6. The highest BCUT2D eigenvalue weighted by molar-refractivity contribution is 5.87. The second-order valence-corrected chi connectivity index (χ2v) is 7.47. The summed E-state index contributed by atoms with van der Waals surface area (Å²) in [5.74, 6) is 0.0826. The van der Waals surface area contributed by atoms with Gasteiger partial charge in [0, 0.05) is 26.0 Å². The van der Waals surface area contributed by atoms with Crippen molar-refractivity contribution in [2.75, 3.05) is 23.8 Å². The average Bonchev–Trinajstić information content (AvgIpc) is 2.83. The zero-order chi connectivity index (χ0) is 26.1. The maximum atomic E-state index is 13.8. The van der Waals surface area contributed by atoms with Gasteiger partial charge in [0.25, 0.3) is 0 Å². The molecule has 0 bridgehead atoms. The summed E-state index contributed by atoms with van der Waals surface area (Å²) >= 11 is 0. The Balaban J connectivity index is 1.71. The highest BCUT2D eigenvalue weighted by atomic mass is 19.4. The molecule has 0 aromatic carbocycles. The quantitative estimate of drug-likeness (QED) is 0.279. The molecule has 0 radical (unpaired) electrons. The van der Waals surface area contributed by atoms with Gasteiger partial charge in [0.1, 0.15) is 22.7 Å². The number of alkyl halides is 6. The molecule has 8 nitrogen and oxygen atoms in total. The molecule has 4 aromatic heterocycles. The van der Waals surface area contributed by atoms with E-state index in [1.165, 1.54) is 23.2 Å². The van der Waals surface area contributed by atoms with E-state index in [1.807, 2.05) is 0 Å².